The van der Waals surface area contributed by atoms with Gasteiger partial charge in [0.25, 0.3) is 0 Å². The Kier molecular flexibility index (Phi) is 4.22. The third-order valence-corrected chi connectivity index (χ3v) is 4.17. The van der Waals surface area contributed by atoms with Gasteiger partial charge in [0.15, 0.2) is 0 Å². The summed E-state index contributed by atoms with van der Waals surface area (Å²) in [6.07, 6.45) is 5.73. The summed E-state index contributed by atoms with van der Waals surface area (Å²) in [4.78, 5) is 4.91. The number of aliphatic hydroxyl groups is 1. The molecule has 0 aromatic rings. The summed E-state index contributed by atoms with van der Waals surface area (Å²) in [6.45, 7) is 8.87. The van der Waals surface area contributed by atoms with Gasteiger partial charge in [-0.25, -0.2) is 0 Å². The molecule has 94 valence electrons. The van der Waals surface area contributed by atoms with Gasteiger partial charge in [-0.15, -0.1) is 0 Å². The van der Waals surface area contributed by atoms with E-state index >= 15 is 0 Å². The molecule has 1 unspecified atom stereocenters. The Balaban J connectivity index is 1.85. The van der Waals surface area contributed by atoms with Crippen molar-refractivity contribution in [1.82, 2.24) is 9.80 Å². The molecule has 0 aliphatic carbocycles. The zero-order chi connectivity index (χ0) is 11.4. The predicted molar refractivity (Wildman–Crippen MR) is 66.6 cm³/mol. The van der Waals surface area contributed by atoms with Crippen LogP contribution < -0.4 is 0 Å². The number of nitrogens with zero attached hydrogens (tertiary/aromatic N) is 2. The van der Waals surface area contributed by atoms with Crippen LogP contribution in [0.3, 0.4) is 0 Å². The smallest absolute Gasteiger partial charge is 0.0786 e. The highest BCUT2D eigenvalue weighted by Crippen LogP contribution is 2.25. The maximum atomic E-state index is 10.7. The molecule has 0 aromatic carbocycles. The quantitative estimate of drug-likeness (QED) is 0.786. The summed E-state index contributed by atoms with van der Waals surface area (Å²) >= 11 is 0. The lowest BCUT2D eigenvalue weighted by atomic mass is 9.94. The maximum absolute atomic E-state index is 10.7. The minimum absolute atomic E-state index is 0.408. The molecule has 2 saturated heterocycles. The van der Waals surface area contributed by atoms with E-state index in [1.165, 1.54) is 32.5 Å². The molecule has 1 atom stereocenters. The van der Waals surface area contributed by atoms with E-state index in [0.29, 0.717) is 0 Å². The number of hydrogen-bond donors (Lipinski definition) is 1. The summed E-state index contributed by atoms with van der Waals surface area (Å²) in [5, 5.41) is 10.7. The largest absolute Gasteiger partial charge is 0.389 e. The summed E-state index contributed by atoms with van der Waals surface area (Å²) in [7, 11) is 0. The van der Waals surface area contributed by atoms with Crippen LogP contribution in [0.15, 0.2) is 0 Å². The Morgan fingerprint density at radius 1 is 0.938 bits per heavy atom. The number of likely N-dealkylation sites (tertiary alicyclic amines) is 2. The second-order valence-corrected chi connectivity index (χ2v) is 5.50. The molecule has 16 heavy (non-hydrogen) atoms. The minimum atomic E-state index is -0.408. The molecule has 0 spiro atoms. The van der Waals surface area contributed by atoms with Gasteiger partial charge >= 0.3 is 0 Å². The molecule has 0 amide bonds. The van der Waals surface area contributed by atoms with Crippen LogP contribution in [0, 0.1) is 0 Å². The van der Waals surface area contributed by atoms with Crippen LogP contribution in [-0.2, 0) is 0 Å². The molecule has 3 nitrogen and oxygen atoms in total. The first-order valence-corrected chi connectivity index (χ1v) is 6.89. The number of hydrogen-bond acceptors (Lipinski definition) is 3. The summed E-state index contributed by atoms with van der Waals surface area (Å²) in [5.74, 6) is 0. The molecule has 2 aliphatic heterocycles. The molecule has 2 rings (SSSR count). The molecular formula is C13H26N2O. The predicted octanol–water partition coefficient (Wildman–Crippen LogP) is 1.32. The molecular weight excluding hydrogens is 200 g/mol. The van der Waals surface area contributed by atoms with Crippen molar-refractivity contribution < 1.29 is 5.11 Å². The second kappa shape index (κ2) is 5.48. The fraction of sp³-hybridized carbons (Fsp3) is 1.00. The maximum Gasteiger partial charge on any atom is 0.0786 e. The molecule has 2 heterocycles. The molecule has 2 aliphatic rings. The highest BCUT2D eigenvalue weighted by molar-refractivity contribution is 4.87. The van der Waals surface area contributed by atoms with Crippen LogP contribution in [0.25, 0.3) is 0 Å². The van der Waals surface area contributed by atoms with Crippen molar-refractivity contribution in [2.45, 2.75) is 44.6 Å². The van der Waals surface area contributed by atoms with E-state index in [1.807, 2.05) is 0 Å². The van der Waals surface area contributed by atoms with Crippen LogP contribution in [0.1, 0.15) is 39.0 Å². The third-order valence-electron chi connectivity index (χ3n) is 4.17. The van der Waals surface area contributed by atoms with Gasteiger partial charge in [-0.1, -0.05) is 6.92 Å². The van der Waals surface area contributed by atoms with Gasteiger partial charge in [0.05, 0.1) is 5.60 Å². The highest BCUT2D eigenvalue weighted by atomic mass is 16.3. The highest BCUT2D eigenvalue weighted by Gasteiger charge is 2.32. The number of rotatable bonds is 3. The van der Waals surface area contributed by atoms with Gasteiger partial charge in [0.1, 0.15) is 0 Å². The molecule has 0 aromatic heterocycles. The lowest BCUT2D eigenvalue weighted by Crippen LogP contribution is -2.42. The monoisotopic (exact) mass is 226 g/mol. The van der Waals surface area contributed by atoms with Gasteiger partial charge in [-0.2, -0.15) is 0 Å². The SMILES string of the molecule is CCN1CCCC(O)(CN2CCCC2)CC1. The third kappa shape index (κ3) is 3.19. The summed E-state index contributed by atoms with van der Waals surface area (Å²) in [5.41, 5.74) is -0.408. The molecule has 0 bridgehead atoms. The van der Waals surface area contributed by atoms with E-state index in [0.717, 1.165) is 38.9 Å². The van der Waals surface area contributed by atoms with E-state index < -0.39 is 5.60 Å². The normalized spacial score (nSPS) is 34.1. The van der Waals surface area contributed by atoms with Gasteiger partial charge in [-0.05, 0) is 58.3 Å². The second-order valence-electron chi connectivity index (χ2n) is 5.50. The number of β-amino-alcohol motifs (C(OH)–C–C–N with tert-alkyl or cyclic N) is 1. The first kappa shape index (κ1) is 12.3. The lowest BCUT2D eigenvalue weighted by Gasteiger charge is -2.31. The Morgan fingerprint density at radius 2 is 1.62 bits per heavy atom. The fourth-order valence-electron chi connectivity index (χ4n) is 3.07. The Morgan fingerprint density at radius 3 is 2.31 bits per heavy atom. The van der Waals surface area contributed by atoms with Gasteiger partial charge < -0.3 is 14.9 Å². The average Bonchev–Trinajstić information content (AvgIpc) is 2.68. The first-order valence-electron chi connectivity index (χ1n) is 6.89. The molecule has 0 radical (unpaired) electrons. The van der Waals surface area contributed by atoms with Crippen LogP contribution >= 0.6 is 0 Å². The Labute approximate surface area is 99.4 Å². The van der Waals surface area contributed by atoms with E-state index in [4.69, 9.17) is 0 Å². The van der Waals surface area contributed by atoms with E-state index in [-0.39, 0.29) is 0 Å². The van der Waals surface area contributed by atoms with Crippen molar-refractivity contribution >= 4 is 0 Å². The van der Waals surface area contributed by atoms with Crippen molar-refractivity contribution in [3.05, 3.63) is 0 Å². The van der Waals surface area contributed by atoms with Gasteiger partial charge in [0.2, 0.25) is 0 Å². The van der Waals surface area contributed by atoms with Crippen molar-refractivity contribution in [3.8, 4) is 0 Å². The molecule has 2 fully saturated rings. The van der Waals surface area contributed by atoms with Crippen LogP contribution in [0.2, 0.25) is 0 Å². The Hall–Kier alpha value is -0.120. The Bertz CT molecular complexity index is 216. The van der Waals surface area contributed by atoms with Gasteiger partial charge in [0, 0.05) is 13.1 Å². The van der Waals surface area contributed by atoms with E-state index in [1.54, 1.807) is 0 Å². The fourth-order valence-corrected chi connectivity index (χ4v) is 3.07. The van der Waals surface area contributed by atoms with Crippen molar-refractivity contribution in [2.24, 2.45) is 0 Å². The minimum Gasteiger partial charge on any atom is -0.389 e. The van der Waals surface area contributed by atoms with Crippen molar-refractivity contribution in [3.63, 3.8) is 0 Å². The first-order chi connectivity index (χ1) is 7.72. The van der Waals surface area contributed by atoms with E-state index in [9.17, 15) is 5.11 Å². The molecule has 1 N–H and O–H groups in total. The zero-order valence-electron chi connectivity index (χ0n) is 10.6. The van der Waals surface area contributed by atoms with Crippen molar-refractivity contribution in [1.29, 1.82) is 0 Å². The van der Waals surface area contributed by atoms with Crippen molar-refractivity contribution in [2.75, 3.05) is 39.3 Å². The van der Waals surface area contributed by atoms with E-state index in [2.05, 4.69) is 16.7 Å². The molecule has 0 saturated carbocycles. The topological polar surface area (TPSA) is 26.7 Å². The average molecular weight is 226 g/mol. The standard InChI is InChI=1S/C13H26N2O/c1-2-14-10-5-6-13(16,7-11-14)12-15-8-3-4-9-15/h16H,2-12H2,1H3. The summed E-state index contributed by atoms with van der Waals surface area (Å²) < 4.78 is 0. The summed E-state index contributed by atoms with van der Waals surface area (Å²) in [6, 6.07) is 0. The van der Waals surface area contributed by atoms with Crippen LogP contribution in [-0.4, -0.2) is 59.8 Å². The van der Waals surface area contributed by atoms with Crippen LogP contribution in [0.4, 0.5) is 0 Å². The zero-order valence-corrected chi connectivity index (χ0v) is 10.6. The van der Waals surface area contributed by atoms with Gasteiger partial charge in [-0.3, -0.25) is 0 Å². The van der Waals surface area contributed by atoms with Crippen LogP contribution in [0.5, 0.6) is 0 Å². The molecule has 3 heteroatoms. The lowest BCUT2D eigenvalue weighted by molar-refractivity contribution is -0.00312.